The van der Waals surface area contributed by atoms with Crippen LogP contribution in [0.3, 0.4) is 0 Å². The summed E-state index contributed by atoms with van der Waals surface area (Å²) in [5, 5.41) is 0. The predicted octanol–water partition coefficient (Wildman–Crippen LogP) is 2.14. The fraction of sp³-hybridized carbons (Fsp3) is 1.00. The molecule has 0 aromatic rings. The highest BCUT2D eigenvalue weighted by Gasteiger charge is 2.43. The van der Waals surface area contributed by atoms with Crippen LogP contribution in [0.2, 0.25) is 0 Å². The summed E-state index contributed by atoms with van der Waals surface area (Å²) in [6, 6.07) is 0. The van der Waals surface area contributed by atoms with E-state index in [9.17, 15) is 0 Å². The van der Waals surface area contributed by atoms with Gasteiger partial charge < -0.3 is 15.2 Å². The first-order valence-corrected chi connectivity index (χ1v) is 7.33. The van der Waals surface area contributed by atoms with Crippen LogP contribution in [0.15, 0.2) is 0 Å². The predicted molar refractivity (Wildman–Crippen MR) is 67.6 cm³/mol. The van der Waals surface area contributed by atoms with Crippen molar-refractivity contribution in [3.8, 4) is 0 Å². The van der Waals surface area contributed by atoms with E-state index >= 15 is 0 Å². The van der Waals surface area contributed by atoms with Crippen LogP contribution in [0.25, 0.3) is 0 Å². The highest BCUT2D eigenvalue weighted by Crippen LogP contribution is 2.39. The molecule has 94 valence electrons. The number of thioether (sulfide) groups is 1. The van der Waals surface area contributed by atoms with Crippen molar-refractivity contribution in [1.29, 1.82) is 0 Å². The van der Waals surface area contributed by atoms with Crippen LogP contribution >= 0.6 is 11.8 Å². The first kappa shape index (κ1) is 12.7. The Balaban J connectivity index is 1.69. The standard InChI is InChI=1S/C12H23NO2S/c1-11(2,13)9-16-8-10-7-14-12(15-10)5-3-4-6-12/h10H,3-9,13H2,1-2H3. The van der Waals surface area contributed by atoms with Crippen molar-refractivity contribution in [2.75, 3.05) is 18.1 Å². The number of nitrogens with two attached hydrogens (primary N) is 1. The maximum Gasteiger partial charge on any atom is 0.168 e. The second-order valence-corrected chi connectivity index (χ2v) is 6.70. The summed E-state index contributed by atoms with van der Waals surface area (Å²) < 4.78 is 11.9. The fourth-order valence-corrected chi connectivity index (χ4v) is 3.40. The fourth-order valence-electron chi connectivity index (χ4n) is 2.33. The lowest BCUT2D eigenvalue weighted by molar-refractivity contribution is -0.159. The first-order valence-electron chi connectivity index (χ1n) is 6.18. The van der Waals surface area contributed by atoms with Crippen LogP contribution in [0.1, 0.15) is 39.5 Å². The number of ether oxygens (including phenoxy) is 2. The van der Waals surface area contributed by atoms with Gasteiger partial charge in [-0.15, -0.1) is 0 Å². The van der Waals surface area contributed by atoms with Gasteiger partial charge in [0.05, 0.1) is 12.7 Å². The van der Waals surface area contributed by atoms with E-state index in [4.69, 9.17) is 15.2 Å². The van der Waals surface area contributed by atoms with Gasteiger partial charge in [-0.1, -0.05) is 0 Å². The van der Waals surface area contributed by atoms with Gasteiger partial charge in [0.25, 0.3) is 0 Å². The zero-order valence-corrected chi connectivity index (χ0v) is 11.1. The average Bonchev–Trinajstić information content (AvgIpc) is 2.76. The molecule has 4 heteroatoms. The summed E-state index contributed by atoms with van der Waals surface area (Å²) in [6.45, 7) is 4.88. The highest BCUT2D eigenvalue weighted by molar-refractivity contribution is 7.99. The van der Waals surface area contributed by atoms with Crippen molar-refractivity contribution >= 4 is 11.8 Å². The van der Waals surface area contributed by atoms with E-state index in [-0.39, 0.29) is 17.4 Å². The summed E-state index contributed by atoms with van der Waals surface area (Å²) in [5.74, 6) is 1.77. The number of hydrogen-bond acceptors (Lipinski definition) is 4. The van der Waals surface area contributed by atoms with Crippen molar-refractivity contribution in [3.63, 3.8) is 0 Å². The second kappa shape index (κ2) is 4.84. The van der Waals surface area contributed by atoms with Crippen molar-refractivity contribution in [2.24, 2.45) is 5.73 Å². The second-order valence-electron chi connectivity index (χ2n) is 5.67. The van der Waals surface area contributed by atoms with Gasteiger partial charge in [-0.05, 0) is 26.7 Å². The molecule has 0 amide bonds. The molecule has 1 heterocycles. The average molecular weight is 245 g/mol. The molecule has 0 aromatic heterocycles. The zero-order valence-electron chi connectivity index (χ0n) is 10.3. The Kier molecular flexibility index (Phi) is 3.84. The normalized spacial score (nSPS) is 29.1. The largest absolute Gasteiger partial charge is 0.347 e. The smallest absolute Gasteiger partial charge is 0.168 e. The van der Waals surface area contributed by atoms with Crippen molar-refractivity contribution < 1.29 is 9.47 Å². The molecule has 16 heavy (non-hydrogen) atoms. The van der Waals surface area contributed by atoms with E-state index in [0.29, 0.717) is 0 Å². The molecule has 2 aliphatic rings. The first-order chi connectivity index (χ1) is 7.49. The quantitative estimate of drug-likeness (QED) is 0.824. The van der Waals surface area contributed by atoms with Crippen LogP contribution in [-0.4, -0.2) is 35.5 Å². The molecule has 0 aromatic carbocycles. The highest BCUT2D eigenvalue weighted by atomic mass is 32.2. The molecule has 1 saturated carbocycles. The van der Waals surface area contributed by atoms with E-state index in [1.807, 2.05) is 11.8 Å². The van der Waals surface area contributed by atoms with Crippen LogP contribution in [0, 0.1) is 0 Å². The minimum Gasteiger partial charge on any atom is -0.347 e. The molecule has 2 rings (SSSR count). The minimum absolute atomic E-state index is 0.0881. The Morgan fingerprint density at radius 2 is 2.06 bits per heavy atom. The van der Waals surface area contributed by atoms with Gasteiger partial charge in [0.1, 0.15) is 0 Å². The molecule has 1 spiro atoms. The Morgan fingerprint density at radius 1 is 1.38 bits per heavy atom. The minimum atomic E-state index is -0.205. The molecule has 1 saturated heterocycles. The summed E-state index contributed by atoms with van der Waals surface area (Å²) in [6.07, 6.45) is 4.92. The maximum atomic E-state index is 6.04. The summed E-state index contributed by atoms with van der Waals surface area (Å²) in [7, 11) is 0. The van der Waals surface area contributed by atoms with E-state index in [1.54, 1.807) is 0 Å². The third-order valence-electron chi connectivity index (χ3n) is 3.06. The van der Waals surface area contributed by atoms with Crippen molar-refractivity contribution in [3.05, 3.63) is 0 Å². The molecule has 1 atom stereocenters. The Labute approximate surface area is 102 Å². The Morgan fingerprint density at radius 3 is 2.69 bits per heavy atom. The number of rotatable bonds is 4. The third-order valence-corrected chi connectivity index (χ3v) is 4.61. The lowest BCUT2D eigenvalue weighted by atomic mass is 10.1. The molecule has 2 fully saturated rings. The van der Waals surface area contributed by atoms with Crippen LogP contribution < -0.4 is 5.73 Å². The van der Waals surface area contributed by atoms with Gasteiger partial charge >= 0.3 is 0 Å². The molecule has 0 radical (unpaired) electrons. The molecule has 1 unspecified atom stereocenters. The van der Waals surface area contributed by atoms with Gasteiger partial charge in [0, 0.05) is 29.9 Å². The van der Waals surface area contributed by atoms with Gasteiger partial charge in [-0.3, -0.25) is 0 Å². The topological polar surface area (TPSA) is 44.5 Å². The molecule has 2 N–H and O–H groups in total. The van der Waals surface area contributed by atoms with E-state index < -0.39 is 0 Å². The van der Waals surface area contributed by atoms with Gasteiger partial charge in [0.15, 0.2) is 5.79 Å². The molecule has 1 aliphatic carbocycles. The van der Waals surface area contributed by atoms with Crippen molar-refractivity contribution in [2.45, 2.75) is 57.0 Å². The zero-order chi connectivity index (χ0) is 11.6. The van der Waals surface area contributed by atoms with Gasteiger partial charge in [-0.2, -0.15) is 11.8 Å². The third kappa shape index (κ3) is 3.36. The molecular formula is C12H23NO2S. The summed E-state index contributed by atoms with van der Waals surface area (Å²) in [4.78, 5) is 0. The number of hydrogen-bond donors (Lipinski definition) is 1. The molecule has 0 bridgehead atoms. The molecule has 3 nitrogen and oxygen atoms in total. The van der Waals surface area contributed by atoms with Gasteiger partial charge in [-0.25, -0.2) is 0 Å². The molecular weight excluding hydrogens is 222 g/mol. The van der Waals surface area contributed by atoms with E-state index in [0.717, 1.165) is 31.0 Å². The lowest BCUT2D eigenvalue weighted by Crippen LogP contribution is -2.35. The monoisotopic (exact) mass is 245 g/mol. The SMILES string of the molecule is CC(C)(N)CSCC1COC2(CCCC2)O1. The molecule has 1 aliphatic heterocycles. The van der Waals surface area contributed by atoms with Crippen molar-refractivity contribution in [1.82, 2.24) is 0 Å². The van der Waals surface area contributed by atoms with Gasteiger partial charge in [0.2, 0.25) is 0 Å². The summed E-state index contributed by atoms with van der Waals surface area (Å²) in [5.41, 5.74) is 5.85. The van der Waals surface area contributed by atoms with E-state index in [2.05, 4.69) is 13.8 Å². The lowest BCUT2D eigenvalue weighted by Gasteiger charge is -2.22. The van der Waals surface area contributed by atoms with Crippen LogP contribution in [0.5, 0.6) is 0 Å². The Bertz CT molecular complexity index is 234. The summed E-state index contributed by atoms with van der Waals surface area (Å²) >= 11 is 1.87. The van der Waals surface area contributed by atoms with Crippen LogP contribution in [0.4, 0.5) is 0 Å². The van der Waals surface area contributed by atoms with Crippen LogP contribution in [-0.2, 0) is 9.47 Å². The maximum absolute atomic E-state index is 6.04. The van der Waals surface area contributed by atoms with E-state index in [1.165, 1.54) is 12.8 Å². The Hall–Kier alpha value is 0.230.